The summed E-state index contributed by atoms with van der Waals surface area (Å²) in [5.41, 5.74) is 0.791. The van der Waals surface area contributed by atoms with Gasteiger partial charge in [0.05, 0.1) is 7.11 Å². The Labute approximate surface area is 127 Å². The molecule has 0 unspecified atom stereocenters. The van der Waals surface area contributed by atoms with E-state index in [0.29, 0.717) is 6.42 Å². The van der Waals surface area contributed by atoms with Gasteiger partial charge in [0.15, 0.2) is 0 Å². The second kappa shape index (κ2) is 7.46. The molecule has 1 N–H and O–H groups in total. The molecule has 1 aliphatic rings. The predicted octanol–water partition coefficient (Wildman–Crippen LogP) is 3.00. The Morgan fingerprint density at radius 1 is 1.33 bits per heavy atom. The number of hydrogen-bond donors (Lipinski definition) is 1. The number of piperidine rings is 1. The topological polar surface area (TPSA) is 41.6 Å². The first-order valence-electron chi connectivity index (χ1n) is 7.73. The molecule has 1 aromatic rings. The summed E-state index contributed by atoms with van der Waals surface area (Å²) in [6.07, 6.45) is 1.84. The van der Waals surface area contributed by atoms with Gasteiger partial charge in [0.25, 0.3) is 0 Å². The van der Waals surface area contributed by atoms with Gasteiger partial charge in [0.1, 0.15) is 5.75 Å². The lowest BCUT2D eigenvalue weighted by Gasteiger charge is -2.34. The van der Waals surface area contributed by atoms with E-state index in [0.717, 1.165) is 42.9 Å². The highest BCUT2D eigenvalue weighted by molar-refractivity contribution is 5.91. The van der Waals surface area contributed by atoms with E-state index in [1.807, 2.05) is 24.3 Å². The summed E-state index contributed by atoms with van der Waals surface area (Å²) in [6.45, 7) is 7.63. The van der Waals surface area contributed by atoms with Crippen LogP contribution >= 0.6 is 0 Å². The quantitative estimate of drug-likeness (QED) is 0.906. The molecule has 0 radical (unpaired) electrons. The van der Waals surface area contributed by atoms with E-state index in [1.165, 1.54) is 6.42 Å². The van der Waals surface area contributed by atoms with Gasteiger partial charge in [-0.15, -0.1) is 0 Å². The van der Waals surface area contributed by atoms with E-state index in [9.17, 15) is 4.79 Å². The lowest BCUT2D eigenvalue weighted by Crippen LogP contribution is -2.40. The van der Waals surface area contributed by atoms with Gasteiger partial charge in [-0.05, 0) is 30.4 Å². The van der Waals surface area contributed by atoms with Crippen molar-refractivity contribution in [2.75, 3.05) is 32.1 Å². The fourth-order valence-corrected chi connectivity index (χ4v) is 3.16. The lowest BCUT2D eigenvalue weighted by atomic mass is 9.92. The van der Waals surface area contributed by atoms with Gasteiger partial charge in [-0.25, -0.2) is 0 Å². The van der Waals surface area contributed by atoms with Crippen LogP contribution in [0.3, 0.4) is 0 Å². The van der Waals surface area contributed by atoms with E-state index in [1.54, 1.807) is 7.11 Å². The van der Waals surface area contributed by atoms with Crippen LogP contribution in [0.5, 0.6) is 5.75 Å². The molecule has 1 aliphatic heterocycles. The Bertz CT molecular complexity index is 466. The van der Waals surface area contributed by atoms with Crippen LogP contribution in [0.1, 0.15) is 26.7 Å². The fraction of sp³-hybridized carbons (Fsp3) is 0.588. The molecule has 0 aromatic heterocycles. The highest BCUT2D eigenvalue weighted by atomic mass is 16.5. The van der Waals surface area contributed by atoms with Crippen molar-refractivity contribution in [2.45, 2.75) is 26.7 Å². The minimum absolute atomic E-state index is 0.0640. The first-order chi connectivity index (χ1) is 10.1. The van der Waals surface area contributed by atoms with Crippen molar-refractivity contribution in [3.8, 4) is 5.75 Å². The minimum Gasteiger partial charge on any atom is -0.497 e. The monoisotopic (exact) mass is 290 g/mol. The van der Waals surface area contributed by atoms with Crippen LogP contribution in [0, 0.1) is 11.8 Å². The second-order valence-electron chi connectivity index (χ2n) is 6.24. The zero-order valence-electron chi connectivity index (χ0n) is 13.3. The average Bonchev–Trinajstić information content (AvgIpc) is 2.44. The standard InChI is InChI=1S/C17H26N2O2/c1-13-9-14(2)12-19(11-13)8-7-17(20)18-15-5-4-6-16(10-15)21-3/h4-6,10,13-14H,7-9,11-12H2,1-3H3,(H,18,20)/t13-,14-/m1/s1. The van der Waals surface area contributed by atoms with Crippen molar-refractivity contribution in [3.05, 3.63) is 24.3 Å². The van der Waals surface area contributed by atoms with Crippen LogP contribution in [0.15, 0.2) is 24.3 Å². The summed E-state index contributed by atoms with van der Waals surface area (Å²) < 4.78 is 5.16. The van der Waals surface area contributed by atoms with Crippen molar-refractivity contribution < 1.29 is 9.53 Å². The van der Waals surface area contributed by atoms with Crippen LogP contribution in [-0.4, -0.2) is 37.6 Å². The number of nitrogens with zero attached hydrogens (tertiary/aromatic N) is 1. The number of hydrogen-bond acceptors (Lipinski definition) is 3. The second-order valence-corrected chi connectivity index (χ2v) is 6.24. The molecule has 1 aromatic carbocycles. The van der Waals surface area contributed by atoms with Gasteiger partial charge in [-0.3, -0.25) is 4.79 Å². The molecule has 0 aliphatic carbocycles. The summed E-state index contributed by atoms with van der Waals surface area (Å²) in [7, 11) is 1.62. The number of carbonyl (C=O) groups is 1. The van der Waals surface area contributed by atoms with Crippen molar-refractivity contribution in [1.82, 2.24) is 4.90 Å². The molecule has 1 heterocycles. The Morgan fingerprint density at radius 3 is 2.71 bits per heavy atom. The molecule has 4 heteroatoms. The molecular formula is C17H26N2O2. The molecule has 0 bridgehead atoms. The number of methoxy groups -OCH3 is 1. The first-order valence-corrected chi connectivity index (χ1v) is 7.73. The Kier molecular flexibility index (Phi) is 5.62. The number of nitrogens with one attached hydrogen (secondary N) is 1. The molecule has 116 valence electrons. The summed E-state index contributed by atoms with van der Waals surface area (Å²) in [6, 6.07) is 7.46. The number of carbonyl (C=O) groups excluding carboxylic acids is 1. The number of benzene rings is 1. The SMILES string of the molecule is COc1cccc(NC(=O)CCN2C[C@H](C)C[C@@H](C)C2)c1. The summed E-state index contributed by atoms with van der Waals surface area (Å²) in [4.78, 5) is 14.4. The number of amides is 1. The smallest absolute Gasteiger partial charge is 0.225 e. The van der Waals surface area contributed by atoms with Gasteiger partial charge in [-0.2, -0.15) is 0 Å². The van der Waals surface area contributed by atoms with Crippen LogP contribution in [-0.2, 0) is 4.79 Å². The Balaban J connectivity index is 1.79. The third-order valence-electron chi connectivity index (χ3n) is 3.95. The van der Waals surface area contributed by atoms with Gasteiger partial charge in [0.2, 0.25) is 5.91 Å². The van der Waals surface area contributed by atoms with Crippen molar-refractivity contribution >= 4 is 11.6 Å². The zero-order chi connectivity index (χ0) is 15.2. The van der Waals surface area contributed by atoms with Gasteiger partial charge in [0, 0.05) is 37.8 Å². The highest BCUT2D eigenvalue weighted by Crippen LogP contribution is 2.21. The maximum absolute atomic E-state index is 12.0. The average molecular weight is 290 g/mol. The molecule has 1 saturated heterocycles. The third kappa shape index (κ3) is 5.05. The summed E-state index contributed by atoms with van der Waals surface area (Å²) in [5, 5.41) is 2.93. The number of rotatable bonds is 5. The number of anilines is 1. The van der Waals surface area contributed by atoms with E-state index >= 15 is 0 Å². The molecule has 1 fully saturated rings. The largest absolute Gasteiger partial charge is 0.497 e. The molecule has 2 atom stereocenters. The zero-order valence-corrected chi connectivity index (χ0v) is 13.3. The van der Waals surface area contributed by atoms with Crippen LogP contribution in [0.25, 0.3) is 0 Å². The van der Waals surface area contributed by atoms with Gasteiger partial charge in [-0.1, -0.05) is 19.9 Å². The van der Waals surface area contributed by atoms with Gasteiger partial charge < -0.3 is 15.0 Å². The maximum Gasteiger partial charge on any atom is 0.225 e. The molecule has 4 nitrogen and oxygen atoms in total. The summed E-state index contributed by atoms with van der Waals surface area (Å²) in [5.74, 6) is 2.28. The van der Waals surface area contributed by atoms with E-state index < -0.39 is 0 Å². The Morgan fingerprint density at radius 2 is 2.05 bits per heavy atom. The highest BCUT2D eigenvalue weighted by Gasteiger charge is 2.21. The van der Waals surface area contributed by atoms with Crippen LogP contribution < -0.4 is 10.1 Å². The predicted molar refractivity (Wildman–Crippen MR) is 85.6 cm³/mol. The summed E-state index contributed by atoms with van der Waals surface area (Å²) >= 11 is 0. The number of likely N-dealkylation sites (tertiary alicyclic amines) is 1. The van der Waals surface area contributed by atoms with Crippen molar-refractivity contribution in [1.29, 1.82) is 0 Å². The Hall–Kier alpha value is -1.55. The molecule has 21 heavy (non-hydrogen) atoms. The first kappa shape index (κ1) is 15.8. The van der Waals surface area contributed by atoms with E-state index in [2.05, 4.69) is 24.1 Å². The fourth-order valence-electron chi connectivity index (χ4n) is 3.16. The van der Waals surface area contributed by atoms with Crippen molar-refractivity contribution in [3.63, 3.8) is 0 Å². The maximum atomic E-state index is 12.0. The molecule has 0 spiro atoms. The van der Waals surface area contributed by atoms with Crippen LogP contribution in [0.2, 0.25) is 0 Å². The van der Waals surface area contributed by atoms with E-state index in [4.69, 9.17) is 4.74 Å². The number of ether oxygens (including phenoxy) is 1. The molecule has 1 amide bonds. The minimum atomic E-state index is 0.0640. The normalized spacial score (nSPS) is 22.8. The van der Waals surface area contributed by atoms with Gasteiger partial charge >= 0.3 is 0 Å². The molecular weight excluding hydrogens is 264 g/mol. The van der Waals surface area contributed by atoms with E-state index in [-0.39, 0.29) is 5.91 Å². The van der Waals surface area contributed by atoms with Crippen LogP contribution in [0.4, 0.5) is 5.69 Å². The molecule has 2 rings (SSSR count). The van der Waals surface area contributed by atoms with Crippen molar-refractivity contribution in [2.24, 2.45) is 11.8 Å². The lowest BCUT2D eigenvalue weighted by molar-refractivity contribution is -0.116. The third-order valence-corrected chi connectivity index (χ3v) is 3.95. The molecule has 0 saturated carbocycles.